The molecule has 0 aliphatic heterocycles. The van der Waals surface area contributed by atoms with Crippen molar-refractivity contribution in [1.82, 2.24) is 25.1 Å². The first-order valence-electron chi connectivity index (χ1n) is 5.20. The van der Waals surface area contributed by atoms with E-state index < -0.39 is 0 Å². The van der Waals surface area contributed by atoms with E-state index in [1.165, 1.54) is 6.33 Å². The van der Waals surface area contributed by atoms with Gasteiger partial charge in [-0.25, -0.2) is 15.0 Å². The Morgan fingerprint density at radius 3 is 2.65 bits per heavy atom. The highest BCUT2D eigenvalue weighted by atomic mass is 35.5. The summed E-state index contributed by atoms with van der Waals surface area (Å²) in [4.78, 5) is 12.6. The van der Waals surface area contributed by atoms with Crippen molar-refractivity contribution in [3.63, 3.8) is 0 Å². The molecular formula is C10H13ClN6. The van der Waals surface area contributed by atoms with E-state index in [-0.39, 0.29) is 6.04 Å². The van der Waals surface area contributed by atoms with E-state index in [0.717, 1.165) is 17.2 Å². The summed E-state index contributed by atoms with van der Waals surface area (Å²) in [7, 11) is 0. The molecule has 0 saturated carbocycles. The number of hydrogen-bond donors (Lipinski definition) is 2. The maximum atomic E-state index is 6.02. The Kier molecular flexibility index (Phi) is 3.23. The predicted octanol–water partition coefficient (Wildman–Crippen LogP) is 2.04. The molecule has 1 unspecified atom stereocenters. The van der Waals surface area contributed by atoms with Gasteiger partial charge in [-0.15, -0.1) is 0 Å². The smallest absolute Gasteiger partial charge is 0.171 e. The molecular weight excluding hydrogens is 240 g/mol. The van der Waals surface area contributed by atoms with Gasteiger partial charge in [0.2, 0.25) is 0 Å². The first-order valence-corrected chi connectivity index (χ1v) is 5.58. The van der Waals surface area contributed by atoms with Crippen LogP contribution in [-0.2, 0) is 0 Å². The average molecular weight is 253 g/mol. The van der Waals surface area contributed by atoms with Gasteiger partial charge in [-0.2, -0.15) is 5.10 Å². The molecule has 0 aliphatic carbocycles. The second-order valence-electron chi connectivity index (χ2n) is 3.77. The number of rotatable bonds is 3. The zero-order valence-corrected chi connectivity index (χ0v) is 10.6. The van der Waals surface area contributed by atoms with Crippen LogP contribution in [0.25, 0.3) is 0 Å². The standard InChI is InChI=1S/C10H13ClN6/c1-5-6(2)15-10(8(11)14-5)16-7(3)9-12-4-13-17-9/h4,7H,1-3H3,(H,15,16)(H,12,13,17). The van der Waals surface area contributed by atoms with Crippen LogP contribution in [0.3, 0.4) is 0 Å². The molecule has 0 fully saturated rings. The SMILES string of the molecule is Cc1nc(Cl)c(NC(C)c2ncn[nH]2)nc1C. The summed E-state index contributed by atoms with van der Waals surface area (Å²) in [5, 5.41) is 10.1. The third kappa shape index (κ3) is 2.52. The molecule has 17 heavy (non-hydrogen) atoms. The van der Waals surface area contributed by atoms with Crippen LogP contribution in [0.5, 0.6) is 0 Å². The van der Waals surface area contributed by atoms with Crippen LogP contribution < -0.4 is 5.32 Å². The van der Waals surface area contributed by atoms with E-state index in [9.17, 15) is 0 Å². The second-order valence-corrected chi connectivity index (χ2v) is 4.13. The number of aromatic nitrogens is 5. The molecule has 0 bridgehead atoms. The summed E-state index contributed by atoms with van der Waals surface area (Å²) in [5.74, 6) is 1.28. The van der Waals surface area contributed by atoms with Crippen molar-refractivity contribution in [3.8, 4) is 0 Å². The van der Waals surface area contributed by atoms with Crippen molar-refractivity contribution in [1.29, 1.82) is 0 Å². The quantitative estimate of drug-likeness (QED) is 0.874. The van der Waals surface area contributed by atoms with Crippen molar-refractivity contribution >= 4 is 17.4 Å². The molecule has 2 aromatic heterocycles. The van der Waals surface area contributed by atoms with Crippen molar-refractivity contribution in [2.24, 2.45) is 0 Å². The summed E-state index contributed by atoms with van der Waals surface area (Å²) >= 11 is 6.02. The van der Waals surface area contributed by atoms with Crippen LogP contribution in [0, 0.1) is 13.8 Å². The number of nitrogens with zero attached hydrogens (tertiary/aromatic N) is 4. The number of aryl methyl sites for hydroxylation is 2. The molecule has 2 N–H and O–H groups in total. The van der Waals surface area contributed by atoms with Gasteiger partial charge in [0.15, 0.2) is 11.0 Å². The van der Waals surface area contributed by atoms with Gasteiger partial charge in [0.05, 0.1) is 17.4 Å². The van der Waals surface area contributed by atoms with E-state index >= 15 is 0 Å². The summed E-state index contributed by atoms with van der Waals surface area (Å²) in [6.45, 7) is 5.70. The van der Waals surface area contributed by atoms with Crippen LogP contribution in [-0.4, -0.2) is 25.1 Å². The summed E-state index contributed by atoms with van der Waals surface area (Å²) in [6, 6.07) is -0.0635. The minimum Gasteiger partial charge on any atom is -0.358 e. The molecule has 1 atom stereocenters. The monoisotopic (exact) mass is 252 g/mol. The van der Waals surface area contributed by atoms with Gasteiger partial charge < -0.3 is 5.32 Å². The highest BCUT2D eigenvalue weighted by Gasteiger charge is 2.13. The van der Waals surface area contributed by atoms with Crippen LogP contribution in [0.2, 0.25) is 5.15 Å². The van der Waals surface area contributed by atoms with E-state index in [1.54, 1.807) is 0 Å². The summed E-state index contributed by atoms with van der Waals surface area (Å²) < 4.78 is 0. The average Bonchev–Trinajstić information content (AvgIpc) is 2.79. The Hall–Kier alpha value is -1.69. The normalized spacial score (nSPS) is 12.5. The zero-order chi connectivity index (χ0) is 12.4. The lowest BCUT2D eigenvalue weighted by atomic mass is 10.3. The van der Waals surface area contributed by atoms with Gasteiger partial charge in [0.1, 0.15) is 12.2 Å². The molecule has 7 heteroatoms. The van der Waals surface area contributed by atoms with Gasteiger partial charge in [-0.3, -0.25) is 5.10 Å². The lowest BCUT2D eigenvalue weighted by Gasteiger charge is -2.13. The fraction of sp³-hybridized carbons (Fsp3) is 0.400. The van der Waals surface area contributed by atoms with Crippen molar-refractivity contribution < 1.29 is 0 Å². The first kappa shape index (κ1) is 11.8. The number of anilines is 1. The number of H-pyrrole nitrogens is 1. The molecule has 0 saturated heterocycles. The topological polar surface area (TPSA) is 79.4 Å². The van der Waals surface area contributed by atoms with Crippen molar-refractivity contribution in [3.05, 3.63) is 28.7 Å². The van der Waals surface area contributed by atoms with Gasteiger partial charge in [-0.05, 0) is 20.8 Å². The number of hydrogen-bond acceptors (Lipinski definition) is 5. The molecule has 2 rings (SSSR count). The molecule has 0 radical (unpaired) electrons. The maximum absolute atomic E-state index is 6.02. The zero-order valence-electron chi connectivity index (χ0n) is 9.82. The van der Waals surface area contributed by atoms with E-state index in [2.05, 4.69) is 30.5 Å². The fourth-order valence-corrected chi connectivity index (χ4v) is 1.59. The molecule has 2 heterocycles. The maximum Gasteiger partial charge on any atom is 0.171 e. The number of nitrogens with one attached hydrogen (secondary N) is 2. The molecule has 0 amide bonds. The summed E-state index contributed by atoms with van der Waals surface area (Å²) in [5.41, 5.74) is 1.68. The fourth-order valence-electron chi connectivity index (χ4n) is 1.36. The Balaban J connectivity index is 2.22. The molecule has 90 valence electrons. The molecule has 0 aliphatic rings. The third-order valence-corrected chi connectivity index (χ3v) is 2.72. The Bertz CT molecular complexity index is 510. The number of halogens is 1. The number of aromatic amines is 1. The largest absolute Gasteiger partial charge is 0.358 e. The minimum absolute atomic E-state index is 0.0635. The Labute approximate surface area is 104 Å². The van der Waals surface area contributed by atoms with Crippen LogP contribution in [0.4, 0.5) is 5.82 Å². The van der Waals surface area contributed by atoms with Crippen LogP contribution >= 0.6 is 11.6 Å². The van der Waals surface area contributed by atoms with Crippen molar-refractivity contribution in [2.75, 3.05) is 5.32 Å². The minimum atomic E-state index is -0.0635. The summed E-state index contributed by atoms with van der Waals surface area (Å²) in [6.07, 6.45) is 1.46. The van der Waals surface area contributed by atoms with Gasteiger partial charge in [-0.1, -0.05) is 11.6 Å². The van der Waals surface area contributed by atoms with Crippen LogP contribution in [0.1, 0.15) is 30.2 Å². The first-order chi connectivity index (χ1) is 8.08. The second kappa shape index (κ2) is 4.67. The van der Waals surface area contributed by atoms with Gasteiger partial charge in [0, 0.05) is 0 Å². The molecule has 2 aromatic rings. The van der Waals surface area contributed by atoms with Gasteiger partial charge >= 0.3 is 0 Å². The lowest BCUT2D eigenvalue weighted by Crippen LogP contribution is -2.11. The highest BCUT2D eigenvalue weighted by Crippen LogP contribution is 2.22. The Morgan fingerprint density at radius 2 is 2.00 bits per heavy atom. The predicted molar refractivity (Wildman–Crippen MR) is 64.9 cm³/mol. The molecule has 0 spiro atoms. The van der Waals surface area contributed by atoms with Crippen LogP contribution in [0.15, 0.2) is 6.33 Å². The lowest BCUT2D eigenvalue weighted by molar-refractivity contribution is 0.786. The highest BCUT2D eigenvalue weighted by molar-refractivity contribution is 6.31. The van der Waals surface area contributed by atoms with E-state index in [0.29, 0.717) is 11.0 Å². The van der Waals surface area contributed by atoms with Crippen molar-refractivity contribution in [2.45, 2.75) is 26.8 Å². The van der Waals surface area contributed by atoms with E-state index in [4.69, 9.17) is 11.6 Å². The van der Waals surface area contributed by atoms with E-state index in [1.807, 2.05) is 20.8 Å². The molecule has 0 aromatic carbocycles. The third-order valence-electron chi connectivity index (χ3n) is 2.46. The Morgan fingerprint density at radius 1 is 1.29 bits per heavy atom. The molecule has 6 nitrogen and oxygen atoms in total. The van der Waals surface area contributed by atoms with Gasteiger partial charge in [0.25, 0.3) is 0 Å².